The normalized spacial score (nSPS) is 12.8. The third-order valence-corrected chi connectivity index (χ3v) is 4.74. The minimum atomic E-state index is -2.82. The smallest absolute Gasteiger partial charge is 0.264 e. The highest BCUT2D eigenvalue weighted by molar-refractivity contribution is 7.71. The van der Waals surface area contributed by atoms with Crippen LogP contribution in [0.25, 0.3) is 22.3 Å². The lowest BCUT2D eigenvalue weighted by atomic mass is 10.1. The summed E-state index contributed by atoms with van der Waals surface area (Å²) < 4.78 is 30.9. The summed E-state index contributed by atoms with van der Waals surface area (Å²) in [6.45, 7) is 6.43. The summed E-state index contributed by atoms with van der Waals surface area (Å²) in [6, 6.07) is 1.15. The van der Waals surface area contributed by atoms with Crippen molar-refractivity contribution in [2.75, 3.05) is 0 Å². The van der Waals surface area contributed by atoms with Crippen LogP contribution in [0.1, 0.15) is 45.2 Å². The summed E-state index contributed by atoms with van der Waals surface area (Å²) >= 11 is 5.26. The number of aromatic nitrogens is 5. The van der Waals surface area contributed by atoms with E-state index in [1.165, 1.54) is 6.07 Å². The molecular weight excluding hydrogens is 360 g/mol. The van der Waals surface area contributed by atoms with Gasteiger partial charge in [-0.05, 0) is 38.6 Å². The van der Waals surface area contributed by atoms with Gasteiger partial charge in [-0.2, -0.15) is 5.10 Å². The summed E-state index contributed by atoms with van der Waals surface area (Å²) in [6.07, 6.45) is 1.20. The largest absolute Gasteiger partial charge is 0.300 e. The number of aromatic amines is 1. The zero-order valence-electron chi connectivity index (χ0n) is 14.7. The molecule has 0 fully saturated rings. The predicted octanol–water partition coefficient (Wildman–Crippen LogP) is 4.25. The van der Waals surface area contributed by atoms with Crippen LogP contribution in [0, 0.1) is 4.77 Å². The Morgan fingerprint density at radius 3 is 2.65 bits per heavy atom. The molecule has 0 bridgehead atoms. The molecule has 1 N–H and O–H groups in total. The third kappa shape index (κ3) is 3.07. The number of H-pyrrole nitrogens is 1. The molecule has 9 heteroatoms. The number of fused-ring (bicyclic) bond motifs is 1. The van der Waals surface area contributed by atoms with E-state index in [1.54, 1.807) is 21.6 Å². The van der Waals surface area contributed by atoms with Gasteiger partial charge in [0, 0.05) is 29.9 Å². The number of alkyl halides is 2. The topological polar surface area (TPSA) is 68.5 Å². The predicted molar refractivity (Wildman–Crippen MR) is 98.0 cm³/mol. The van der Waals surface area contributed by atoms with Crippen molar-refractivity contribution >= 4 is 23.3 Å². The molecule has 0 spiro atoms. The van der Waals surface area contributed by atoms with Crippen molar-refractivity contribution in [2.24, 2.45) is 0 Å². The van der Waals surface area contributed by atoms with E-state index in [0.29, 0.717) is 24.2 Å². The second kappa shape index (κ2) is 7.06. The van der Waals surface area contributed by atoms with Crippen molar-refractivity contribution in [2.45, 2.75) is 46.2 Å². The van der Waals surface area contributed by atoms with E-state index < -0.39 is 12.0 Å². The van der Waals surface area contributed by atoms with Gasteiger partial charge in [0.25, 0.3) is 12.0 Å². The molecule has 3 aromatic heterocycles. The van der Waals surface area contributed by atoms with E-state index in [1.807, 2.05) is 20.8 Å². The van der Waals surface area contributed by atoms with E-state index in [0.717, 1.165) is 0 Å². The molecule has 0 saturated heterocycles. The second-order valence-corrected chi connectivity index (χ2v) is 6.45. The standard InChI is InChI=1S/C17H19F2N5OS/c1-4-9(3)24-15-13(16(25)22-17(24)26)11(14(18)19)6-12(21-15)10-7-20-23(5-2)8-10/h6-9,14H,4-5H2,1-3H3,(H,22,25,26)/t9-/m1/s1. The van der Waals surface area contributed by atoms with E-state index in [9.17, 15) is 13.6 Å². The zero-order valence-corrected chi connectivity index (χ0v) is 15.5. The monoisotopic (exact) mass is 379 g/mol. The Morgan fingerprint density at radius 1 is 1.35 bits per heavy atom. The summed E-state index contributed by atoms with van der Waals surface area (Å²) in [5.74, 6) is 0. The molecule has 6 nitrogen and oxygen atoms in total. The van der Waals surface area contributed by atoms with Crippen LogP contribution in [0.4, 0.5) is 8.78 Å². The Kier molecular flexibility index (Phi) is 4.99. The number of nitrogens with zero attached hydrogens (tertiary/aromatic N) is 4. The number of pyridine rings is 1. The molecule has 26 heavy (non-hydrogen) atoms. The zero-order chi connectivity index (χ0) is 19.0. The molecule has 0 radical (unpaired) electrons. The maximum atomic E-state index is 13.7. The van der Waals surface area contributed by atoms with Crippen LogP contribution in [0.3, 0.4) is 0 Å². The van der Waals surface area contributed by atoms with Crippen LogP contribution in [0.5, 0.6) is 0 Å². The molecule has 0 saturated carbocycles. The van der Waals surface area contributed by atoms with Crippen LogP contribution in [0.15, 0.2) is 23.3 Å². The molecule has 1 atom stereocenters. The molecule has 0 aliphatic heterocycles. The number of rotatable bonds is 5. The molecule has 0 aliphatic rings. The SMILES string of the molecule is CC[C@@H](C)n1c(=S)[nH]c(=O)c2c(C(F)F)cc(-c3cnn(CC)c3)nc21. The van der Waals surface area contributed by atoms with Crippen molar-refractivity contribution in [3.63, 3.8) is 0 Å². The van der Waals surface area contributed by atoms with Crippen LogP contribution >= 0.6 is 12.2 Å². The first-order chi connectivity index (χ1) is 12.4. The van der Waals surface area contributed by atoms with Gasteiger partial charge in [-0.1, -0.05) is 6.92 Å². The third-order valence-electron chi connectivity index (χ3n) is 4.45. The van der Waals surface area contributed by atoms with Gasteiger partial charge in [-0.3, -0.25) is 19.0 Å². The Labute approximate surface area is 153 Å². The number of halogens is 2. The van der Waals surface area contributed by atoms with Crippen LogP contribution in [-0.4, -0.2) is 24.3 Å². The van der Waals surface area contributed by atoms with E-state index in [4.69, 9.17) is 12.2 Å². The lowest BCUT2D eigenvalue weighted by Gasteiger charge is -2.18. The van der Waals surface area contributed by atoms with Gasteiger partial charge in [0.15, 0.2) is 4.77 Å². The fourth-order valence-electron chi connectivity index (χ4n) is 2.85. The fourth-order valence-corrected chi connectivity index (χ4v) is 3.21. The molecule has 0 unspecified atom stereocenters. The highest BCUT2D eigenvalue weighted by Gasteiger charge is 2.22. The van der Waals surface area contributed by atoms with E-state index in [-0.39, 0.29) is 27.4 Å². The highest BCUT2D eigenvalue weighted by atomic mass is 32.1. The molecule has 3 aromatic rings. The summed E-state index contributed by atoms with van der Waals surface area (Å²) in [7, 11) is 0. The molecule has 138 valence electrons. The minimum Gasteiger partial charge on any atom is -0.300 e. The van der Waals surface area contributed by atoms with Gasteiger partial charge in [-0.25, -0.2) is 13.8 Å². The van der Waals surface area contributed by atoms with Crippen LogP contribution in [0.2, 0.25) is 0 Å². The van der Waals surface area contributed by atoms with Crippen molar-refractivity contribution in [3.8, 4) is 11.3 Å². The molecule has 3 rings (SSSR count). The quantitative estimate of drug-likeness (QED) is 0.673. The maximum Gasteiger partial charge on any atom is 0.264 e. The summed E-state index contributed by atoms with van der Waals surface area (Å²) in [5.41, 5.74) is 0.109. The molecule has 3 heterocycles. The number of nitrogens with one attached hydrogen (secondary N) is 1. The molecule has 0 aliphatic carbocycles. The lowest BCUT2D eigenvalue weighted by Crippen LogP contribution is -2.19. The molecule has 0 amide bonds. The summed E-state index contributed by atoms with van der Waals surface area (Å²) in [4.78, 5) is 19.4. The first kappa shape index (κ1) is 18.4. The van der Waals surface area contributed by atoms with Crippen molar-refractivity contribution < 1.29 is 8.78 Å². The van der Waals surface area contributed by atoms with Gasteiger partial charge in [0.1, 0.15) is 5.65 Å². The highest BCUT2D eigenvalue weighted by Crippen LogP contribution is 2.30. The van der Waals surface area contributed by atoms with Crippen LogP contribution < -0.4 is 5.56 Å². The Bertz CT molecular complexity index is 1070. The fraction of sp³-hybridized carbons (Fsp3) is 0.412. The van der Waals surface area contributed by atoms with Crippen molar-refractivity contribution in [3.05, 3.63) is 39.1 Å². The van der Waals surface area contributed by atoms with Crippen molar-refractivity contribution in [1.82, 2.24) is 24.3 Å². The average Bonchev–Trinajstić information content (AvgIpc) is 3.09. The number of aryl methyl sites for hydroxylation is 1. The molecule has 0 aromatic carbocycles. The lowest BCUT2D eigenvalue weighted by molar-refractivity contribution is 0.153. The Morgan fingerprint density at radius 2 is 2.08 bits per heavy atom. The first-order valence-electron chi connectivity index (χ1n) is 8.37. The van der Waals surface area contributed by atoms with Gasteiger partial charge in [0.2, 0.25) is 0 Å². The van der Waals surface area contributed by atoms with Crippen LogP contribution in [-0.2, 0) is 6.54 Å². The second-order valence-electron chi connectivity index (χ2n) is 6.07. The maximum absolute atomic E-state index is 13.7. The molecular formula is C17H19F2N5OS. The first-order valence-corrected chi connectivity index (χ1v) is 8.78. The Balaban J connectivity index is 2.43. The Hall–Kier alpha value is -2.42. The van der Waals surface area contributed by atoms with Gasteiger partial charge in [-0.15, -0.1) is 0 Å². The number of hydrogen-bond donors (Lipinski definition) is 1. The van der Waals surface area contributed by atoms with E-state index in [2.05, 4.69) is 15.1 Å². The van der Waals surface area contributed by atoms with Gasteiger partial charge >= 0.3 is 0 Å². The minimum absolute atomic E-state index is 0.103. The van der Waals surface area contributed by atoms with Crippen molar-refractivity contribution in [1.29, 1.82) is 0 Å². The van der Waals surface area contributed by atoms with Gasteiger partial charge < -0.3 is 0 Å². The number of hydrogen-bond acceptors (Lipinski definition) is 4. The van der Waals surface area contributed by atoms with Gasteiger partial charge in [0.05, 0.1) is 17.3 Å². The average molecular weight is 379 g/mol. The summed E-state index contributed by atoms with van der Waals surface area (Å²) in [5, 5.41) is 4.04. The van der Waals surface area contributed by atoms with E-state index >= 15 is 0 Å².